The number of methoxy groups -OCH3 is 2. The van der Waals surface area contributed by atoms with E-state index in [0.29, 0.717) is 17.2 Å². The third-order valence-electron chi connectivity index (χ3n) is 3.30. The highest BCUT2D eigenvalue weighted by Crippen LogP contribution is 2.36. The van der Waals surface area contributed by atoms with Gasteiger partial charge in [0.15, 0.2) is 11.5 Å². The number of halogens is 1. The molecule has 1 unspecified atom stereocenters. The Balaban J connectivity index is 2.24. The van der Waals surface area contributed by atoms with Gasteiger partial charge in [-0.25, -0.2) is 0 Å². The van der Waals surface area contributed by atoms with E-state index in [-0.39, 0.29) is 6.04 Å². The average molecular weight is 307 g/mol. The van der Waals surface area contributed by atoms with Crippen LogP contribution in [0, 0.1) is 0 Å². The topological polar surface area (TPSA) is 56.5 Å². The molecule has 1 atom stereocenters. The smallest absolute Gasteiger partial charge is 0.162 e. The predicted molar refractivity (Wildman–Crippen MR) is 87.4 cm³/mol. The molecule has 0 amide bonds. The fourth-order valence-corrected chi connectivity index (χ4v) is 2.21. The van der Waals surface area contributed by atoms with Gasteiger partial charge in [0.1, 0.15) is 0 Å². The molecular formula is C16H19ClN2O2. The Hall–Kier alpha value is -2.07. The molecule has 0 heterocycles. The van der Waals surface area contributed by atoms with Crippen LogP contribution in [0.1, 0.15) is 18.5 Å². The maximum Gasteiger partial charge on any atom is 0.162 e. The fraction of sp³-hybridized carbons (Fsp3) is 0.250. The number of ether oxygens (including phenoxy) is 2. The zero-order chi connectivity index (χ0) is 15.4. The molecule has 2 aromatic rings. The van der Waals surface area contributed by atoms with Gasteiger partial charge in [-0.1, -0.05) is 23.7 Å². The normalized spacial score (nSPS) is 11.8. The van der Waals surface area contributed by atoms with Crippen LogP contribution >= 0.6 is 11.6 Å². The summed E-state index contributed by atoms with van der Waals surface area (Å²) >= 11 is 5.90. The van der Waals surface area contributed by atoms with Crippen LogP contribution < -0.4 is 20.5 Å². The lowest BCUT2D eigenvalue weighted by Crippen LogP contribution is -2.09. The molecule has 4 nitrogen and oxygen atoms in total. The van der Waals surface area contributed by atoms with Crippen molar-refractivity contribution in [1.82, 2.24) is 0 Å². The molecule has 5 heteroatoms. The second-order valence-electron chi connectivity index (χ2n) is 4.71. The van der Waals surface area contributed by atoms with E-state index in [1.165, 1.54) is 0 Å². The molecular weight excluding hydrogens is 288 g/mol. The molecule has 0 bridgehead atoms. The number of anilines is 2. The first-order valence-electron chi connectivity index (χ1n) is 6.58. The van der Waals surface area contributed by atoms with Crippen molar-refractivity contribution in [2.24, 2.45) is 0 Å². The molecule has 3 N–H and O–H groups in total. The van der Waals surface area contributed by atoms with Crippen LogP contribution in [0.15, 0.2) is 36.4 Å². The Bertz CT molecular complexity index is 614. The molecule has 0 aliphatic heterocycles. The van der Waals surface area contributed by atoms with E-state index in [1.54, 1.807) is 20.3 Å². The van der Waals surface area contributed by atoms with Gasteiger partial charge in [0.2, 0.25) is 0 Å². The molecule has 0 aliphatic rings. The van der Waals surface area contributed by atoms with Crippen molar-refractivity contribution in [2.75, 3.05) is 25.3 Å². The Labute approximate surface area is 129 Å². The Morgan fingerprint density at radius 3 is 2.19 bits per heavy atom. The summed E-state index contributed by atoms with van der Waals surface area (Å²) in [5.74, 6) is 1.25. The molecule has 0 radical (unpaired) electrons. The number of hydrogen-bond acceptors (Lipinski definition) is 4. The lowest BCUT2D eigenvalue weighted by atomic mass is 10.1. The molecule has 2 aromatic carbocycles. The Morgan fingerprint density at radius 2 is 1.62 bits per heavy atom. The van der Waals surface area contributed by atoms with Gasteiger partial charge in [0, 0.05) is 23.2 Å². The van der Waals surface area contributed by atoms with E-state index in [4.69, 9.17) is 26.8 Å². The first-order chi connectivity index (χ1) is 10.0. The van der Waals surface area contributed by atoms with E-state index in [9.17, 15) is 0 Å². The molecule has 0 fully saturated rings. The third-order valence-corrected chi connectivity index (χ3v) is 3.55. The molecule has 0 spiro atoms. The lowest BCUT2D eigenvalue weighted by Gasteiger charge is -2.19. The third kappa shape index (κ3) is 3.52. The standard InChI is InChI=1S/C16H19ClN2O2/c1-10(11-4-6-12(17)7-5-11)19-14-9-16(21-3)15(20-2)8-13(14)18/h4-10,19H,18H2,1-3H3. The van der Waals surface area contributed by atoms with Crippen LogP contribution in [0.5, 0.6) is 11.5 Å². The summed E-state index contributed by atoms with van der Waals surface area (Å²) in [6.07, 6.45) is 0. The summed E-state index contributed by atoms with van der Waals surface area (Å²) < 4.78 is 10.5. The number of rotatable bonds is 5. The Morgan fingerprint density at radius 1 is 1.05 bits per heavy atom. The molecule has 0 saturated carbocycles. The molecule has 0 saturated heterocycles. The minimum atomic E-state index is 0.0858. The summed E-state index contributed by atoms with van der Waals surface area (Å²) in [6, 6.07) is 11.4. The monoisotopic (exact) mass is 306 g/mol. The second-order valence-corrected chi connectivity index (χ2v) is 5.15. The van der Waals surface area contributed by atoms with Gasteiger partial charge < -0.3 is 20.5 Å². The molecule has 0 aromatic heterocycles. The quantitative estimate of drug-likeness (QED) is 0.816. The SMILES string of the molecule is COc1cc(N)c(NC(C)c2ccc(Cl)cc2)cc1OC. The predicted octanol–water partition coefficient (Wildman–Crippen LogP) is 4.11. The van der Waals surface area contributed by atoms with Gasteiger partial charge in [-0.15, -0.1) is 0 Å². The van der Waals surface area contributed by atoms with Crippen LogP contribution in [0.3, 0.4) is 0 Å². The largest absolute Gasteiger partial charge is 0.493 e. The number of nitrogens with two attached hydrogens (primary N) is 1. The van der Waals surface area contributed by atoms with Gasteiger partial charge >= 0.3 is 0 Å². The second kappa shape index (κ2) is 6.59. The molecule has 21 heavy (non-hydrogen) atoms. The van der Waals surface area contributed by atoms with Crippen molar-refractivity contribution in [3.05, 3.63) is 47.0 Å². The van der Waals surface area contributed by atoms with Crippen LogP contribution in [-0.4, -0.2) is 14.2 Å². The van der Waals surface area contributed by atoms with Gasteiger partial charge in [0.05, 0.1) is 25.6 Å². The summed E-state index contributed by atoms with van der Waals surface area (Å²) in [6.45, 7) is 2.05. The van der Waals surface area contributed by atoms with Crippen molar-refractivity contribution in [3.63, 3.8) is 0 Å². The number of nitrogens with one attached hydrogen (secondary N) is 1. The average Bonchev–Trinajstić information content (AvgIpc) is 2.49. The van der Waals surface area contributed by atoms with E-state index >= 15 is 0 Å². The van der Waals surface area contributed by atoms with Crippen LogP contribution in [0.25, 0.3) is 0 Å². The van der Waals surface area contributed by atoms with Crippen LogP contribution in [0.4, 0.5) is 11.4 Å². The zero-order valence-electron chi connectivity index (χ0n) is 12.3. The van der Waals surface area contributed by atoms with Crippen molar-refractivity contribution >= 4 is 23.0 Å². The Kier molecular flexibility index (Phi) is 4.81. The first kappa shape index (κ1) is 15.3. The molecule has 2 rings (SSSR count). The number of benzene rings is 2. The lowest BCUT2D eigenvalue weighted by molar-refractivity contribution is 0.355. The van der Waals surface area contributed by atoms with E-state index in [2.05, 4.69) is 12.2 Å². The van der Waals surface area contributed by atoms with Gasteiger partial charge in [-0.05, 0) is 24.6 Å². The highest BCUT2D eigenvalue weighted by Gasteiger charge is 2.12. The minimum Gasteiger partial charge on any atom is -0.493 e. The highest BCUT2D eigenvalue weighted by atomic mass is 35.5. The maximum atomic E-state index is 6.05. The maximum absolute atomic E-state index is 6.05. The van der Waals surface area contributed by atoms with Crippen molar-refractivity contribution < 1.29 is 9.47 Å². The summed E-state index contributed by atoms with van der Waals surface area (Å²) in [5, 5.41) is 4.09. The number of nitrogen functional groups attached to an aromatic ring is 1. The van der Waals surface area contributed by atoms with Crippen molar-refractivity contribution in [2.45, 2.75) is 13.0 Å². The summed E-state index contributed by atoms with van der Waals surface area (Å²) in [7, 11) is 3.18. The minimum absolute atomic E-state index is 0.0858. The molecule has 0 aliphatic carbocycles. The van der Waals surface area contributed by atoms with Crippen LogP contribution in [-0.2, 0) is 0 Å². The fourth-order valence-electron chi connectivity index (χ4n) is 2.09. The van der Waals surface area contributed by atoms with Gasteiger partial charge in [-0.3, -0.25) is 0 Å². The summed E-state index contributed by atoms with van der Waals surface area (Å²) in [4.78, 5) is 0. The van der Waals surface area contributed by atoms with Gasteiger partial charge in [0.25, 0.3) is 0 Å². The van der Waals surface area contributed by atoms with E-state index in [1.807, 2.05) is 30.3 Å². The van der Waals surface area contributed by atoms with E-state index < -0.39 is 0 Å². The molecule has 112 valence electrons. The number of hydrogen-bond donors (Lipinski definition) is 2. The summed E-state index contributed by atoms with van der Waals surface area (Å²) in [5.41, 5.74) is 8.58. The van der Waals surface area contributed by atoms with Crippen molar-refractivity contribution in [1.29, 1.82) is 0 Å². The van der Waals surface area contributed by atoms with Crippen molar-refractivity contribution in [3.8, 4) is 11.5 Å². The zero-order valence-corrected chi connectivity index (χ0v) is 13.1. The van der Waals surface area contributed by atoms with Crippen LogP contribution in [0.2, 0.25) is 5.02 Å². The highest BCUT2D eigenvalue weighted by molar-refractivity contribution is 6.30. The van der Waals surface area contributed by atoms with Gasteiger partial charge in [-0.2, -0.15) is 0 Å². The first-order valence-corrected chi connectivity index (χ1v) is 6.96. The van der Waals surface area contributed by atoms with E-state index in [0.717, 1.165) is 16.3 Å².